The minimum absolute atomic E-state index is 0.201. The zero-order valence-electron chi connectivity index (χ0n) is 11.3. The first-order valence-corrected chi connectivity index (χ1v) is 6.44. The van der Waals surface area contributed by atoms with Gasteiger partial charge >= 0.3 is 0 Å². The molecule has 0 radical (unpaired) electrons. The summed E-state index contributed by atoms with van der Waals surface area (Å²) >= 11 is 0. The van der Waals surface area contributed by atoms with Crippen LogP contribution in [0.25, 0.3) is 0 Å². The summed E-state index contributed by atoms with van der Waals surface area (Å²) in [4.78, 5) is 2.52. The largest absolute Gasteiger partial charge is 0.361 e. The topological polar surface area (TPSA) is 41.3 Å². The molecule has 1 aromatic rings. The number of nitrogens with one attached hydrogen (secondary N) is 1. The van der Waals surface area contributed by atoms with Gasteiger partial charge in [0.15, 0.2) is 0 Å². The van der Waals surface area contributed by atoms with Crippen molar-refractivity contribution >= 4 is 0 Å². The second kappa shape index (κ2) is 4.78. The van der Waals surface area contributed by atoms with Gasteiger partial charge in [0.05, 0.1) is 5.69 Å². The summed E-state index contributed by atoms with van der Waals surface area (Å²) < 4.78 is 5.36. The first-order chi connectivity index (χ1) is 8.04. The van der Waals surface area contributed by atoms with E-state index in [1.165, 1.54) is 5.56 Å². The first kappa shape index (κ1) is 12.6. The third kappa shape index (κ3) is 2.53. The fourth-order valence-corrected chi connectivity index (χ4v) is 2.42. The maximum Gasteiger partial charge on any atom is 0.141 e. The quantitative estimate of drug-likeness (QED) is 0.869. The Bertz CT molecular complexity index is 384. The number of rotatable bonds is 3. The smallest absolute Gasteiger partial charge is 0.141 e. The number of nitrogens with zero attached hydrogens (tertiary/aromatic N) is 2. The van der Waals surface area contributed by atoms with Crippen LogP contribution in [0.5, 0.6) is 0 Å². The van der Waals surface area contributed by atoms with E-state index in [9.17, 15) is 0 Å². The van der Waals surface area contributed by atoms with Gasteiger partial charge in [0.1, 0.15) is 5.76 Å². The highest BCUT2D eigenvalue weighted by molar-refractivity contribution is 5.22. The van der Waals surface area contributed by atoms with Crippen molar-refractivity contribution in [2.45, 2.75) is 46.2 Å². The van der Waals surface area contributed by atoms with E-state index in [0.717, 1.165) is 44.1 Å². The van der Waals surface area contributed by atoms with Gasteiger partial charge in [-0.15, -0.1) is 0 Å². The minimum atomic E-state index is 0.201. The predicted octanol–water partition coefficient (Wildman–Crippen LogP) is 1.73. The monoisotopic (exact) mass is 237 g/mol. The normalized spacial score (nSPS) is 20.7. The van der Waals surface area contributed by atoms with Crippen molar-refractivity contribution in [1.82, 2.24) is 15.4 Å². The van der Waals surface area contributed by atoms with Crippen molar-refractivity contribution in [2.75, 3.05) is 19.6 Å². The van der Waals surface area contributed by atoms with Crippen LogP contribution in [0.4, 0.5) is 0 Å². The molecule has 0 atom stereocenters. The molecule has 0 saturated carbocycles. The number of hydrogen-bond acceptors (Lipinski definition) is 4. The van der Waals surface area contributed by atoms with Gasteiger partial charge in [-0.1, -0.05) is 12.1 Å². The predicted molar refractivity (Wildman–Crippen MR) is 68.0 cm³/mol. The molecule has 1 aliphatic heterocycles. The van der Waals surface area contributed by atoms with Gasteiger partial charge in [-0.3, -0.25) is 4.90 Å². The van der Waals surface area contributed by atoms with E-state index in [4.69, 9.17) is 4.52 Å². The third-order valence-electron chi connectivity index (χ3n) is 3.71. The van der Waals surface area contributed by atoms with Crippen molar-refractivity contribution < 1.29 is 4.52 Å². The molecule has 1 N–H and O–H groups in total. The summed E-state index contributed by atoms with van der Waals surface area (Å²) in [7, 11) is 0. The minimum Gasteiger partial charge on any atom is -0.361 e. The number of piperazine rings is 1. The van der Waals surface area contributed by atoms with Crippen LogP contribution < -0.4 is 5.32 Å². The summed E-state index contributed by atoms with van der Waals surface area (Å²) in [6.45, 7) is 12.9. The van der Waals surface area contributed by atoms with Crippen molar-refractivity contribution in [3.63, 3.8) is 0 Å². The molecule has 0 unspecified atom stereocenters. The molecule has 0 aliphatic carbocycles. The van der Waals surface area contributed by atoms with Gasteiger partial charge in [-0.25, -0.2) is 0 Å². The lowest BCUT2D eigenvalue weighted by molar-refractivity contribution is 0.0820. The van der Waals surface area contributed by atoms with E-state index in [0.29, 0.717) is 0 Å². The first-order valence-electron chi connectivity index (χ1n) is 6.44. The maximum atomic E-state index is 5.36. The molecule has 2 rings (SSSR count). The summed E-state index contributed by atoms with van der Waals surface area (Å²) in [5, 5.41) is 7.53. The van der Waals surface area contributed by atoms with Crippen LogP contribution in [-0.2, 0) is 13.0 Å². The van der Waals surface area contributed by atoms with Gasteiger partial charge in [0, 0.05) is 43.7 Å². The zero-order chi connectivity index (χ0) is 12.5. The highest BCUT2D eigenvalue weighted by Gasteiger charge is 2.30. The molecule has 0 bridgehead atoms. The molecule has 0 spiro atoms. The highest BCUT2D eigenvalue weighted by Crippen LogP contribution is 2.23. The molecule has 0 amide bonds. The molecule has 1 fully saturated rings. The van der Waals surface area contributed by atoms with Crippen LogP contribution in [0.3, 0.4) is 0 Å². The Kier molecular flexibility index (Phi) is 3.54. The molecule has 1 aromatic heterocycles. The van der Waals surface area contributed by atoms with E-state index in [1.54, 1.807) is 0 Å². The molecule has 2 heterocycles. The van der Waals surface area contributed by atoms with E-state index in [-0.39, 0.29) is 5.54 Å². The molecule has 1 aliphatic rings. The van der Waals surface area contributed by atoms with Gasteiger partial charge in [-0.2, -0.15) is 0 Å². The van der Waals surface area contributed by atoms with Crippen molar-refractivity contribution in [3.05, 3.63) is 17.0 Å². The van der Waals surface area contributed by atoms with E-state index in [2.05, 4.69) is 36.1 Å². The Morgan fingerprint density at radius 3 is 2.88 bits per heavy atom. The molecule has 4 nitrogen and oxygen atoms in total. The second-order valence-electron chi connectivity index (χ2n) is 5.43. The number of aryl methyl sites for hydroxylation is 2. The van der Waals surface area contributed by atoms with Crippen molar-refractivity contribution in [2.24, 2.45) is 0 Å². The third-order valence-corrected chi connectivity index (χ3v) is 3.71. The Morgan fingerprint density at radius 1 is 1.47 bits per heavy atom. The van der Waals surface area contributed by atoms with Crippen LogP contribution >= 0.6 is 0 Å². The Balaban J connectivity index is 2.16. The Morgan fingerprint density at radius 2 is 2.24 bits per heavy atom. The lowest BCUT2D eigenvalue weighted by Crippen LogP contribution is -2.57. The SMILES string of the molecule is CCc1onc(C)c1CN1CCNCC1(C)C. The van der Waals surface area contributed by atoms with Crippen LogP contribution in [0, 0.1) is 6.92 Å². The lowest BCUT2D eigenvalue weighted by Gasteiger charge is -2.42. The lowest BCUT2D eigenvalue weighted by atomic mass is 9.98. The average Bonchev–Trinajstić information content (AvgIpc) is 2.63. The van der Waals surface area contributed by atoms with Gasteiger partial charge in [0.25, 0.3) is 0 Å². The summed E-state index contributed by atoms with van der Waals surface area (Å²) in [5.41, 5.74) is 2.52. The summed E-state index contributed by atoms with van der Waals surface area (Å²) in [5.74, 6) is 1.04. The molecular formula is C13H23N3O. The van der Waals surface area contributed by atoms with Gasteiger partial charge in [0.2, 0.25) is 0 Å². The Labute approximate surface area is 103 Å². The van der Waals surface area contributed by atoms with Crippen LogP contribution in [0.2, 0.25) is 0 Å². The Hall–Kier alpha value is -0.870. The molecule has 96 valence electrons. The fraction of sp³-hybridized carbons (Fsp3) is 0.769. The van der Waals surface area contributed by atoms with Crippen molar-refractivity contribution in [3.8, 4) is 0 Å². The van der Waals surface area contributed by atoms with Crippen LogP contribution in [-0.4, -0.2) is 35.2 Å². The molecule has 1 saturated heterocycles. The van der Waals surface area contributed by atoms with Gasteiger partial charge < -0.3 is 9.84 Å². The highest BCUT2D eigenvalue weighted by atomic mass is 16.5. The molecule has 17 heavy (non-hydrogen) atoms. The fourth-order valence-electron chi connectivity index (χ4n) is 2.42. The number of hydrogen-bond donors (Lipinski definition) is 1. The van der Waals surface area contributed by atoms with E-state index in [1.807, 2.05) is 6.92 Å². The summed E-state index contributed by atoms with van der Waals surface area (Å²) in [6.07, 6.45) is 0.919. The van der Waals surface area contributed by atoms with Gasteiger partial charge in [-0.05, 0) is 20.8 Å². The maximum absolute atomic E-state index is 5.36. The van der Waals surface area contributed by atoms with Crippen molar-refractivity contribution in [1.29, 1.82) is 0 Å². The van der Waals surface area contributed by atoms with E-state index >= 15 is 0 Å². The van der Waals surface area contributed by atoms with Crippen LogP contribution in [0.1, 0.15) is 37.8 Å². The molecule has 4 heteroatoms. The zero-order valence-corrected chi connectivity index (χ0v) is 11.3. The second-order valence-corrected chi connectivity index (χ2v) is 5.43. The van der Waals surface area contributed by atoms with E-state index < -0.39 is 0 Å². The van der Waals surface area contributed by atoms with Crippen LogP contribution in [0.15, 0.2) is 4.52 Å². The summed E-state index contributed by atoms with van der Waals surface area (Å²) in [6, 6.07) is 0. The standard InChI is InChI=1S/C13H23N3O/c1-5-12-11(10(2)15-17-12)8-16-7-6-14-9-13(16,3)4/h14H,5-9H2,1-4H3. The average molecular weight is 237 g/mol. The molecular weight excluding hydrogens is 214 g/mol. The number of aromatic nitrogens is 1. The molecule has 0 aromatic carbocycles.